The smallest absolute Gasteiger partial charge is 0.270 e. The van der Waals surface area contributed by atoms with Gasteiger partial charge in [0.15, 0.2) is 0 Å². The molecule has 0 radical (unpaired) electrons. The van der Waals surface area contributed by atoms with Gasteiger partial charge < -0.3 is 15.6 Å². The number of carbonyl (C=O) groups is 2. The van der Waals surface area contributed by atoms with E-state index in [0.717, 1.165) is 17.2 Å². The molecule has 9 nitrogen and oxygen atoms in total. The van der Waals surface area contributed by atoms with E-state index in [-0.39, 0.29) is 22.6 Å². The summed E-state index contributed by atoms with van der Waals surface area (Å²) in [6, 6.07) is 24.5. The van der Waals surface area contributed by atoms with Crippen LogP contribution in [0.25, 0.3) is 11.3 Å². The number of H-pyrrole nitrogens is 1. The summed E-state index contributed by atoms with van der Waals surface area (Å²) in [5.41, 5.74) is 1.92. The molecule has 0 aliphatic heterocycles. The number of amides is 2. The van der Waals surface area contributed by atoms with Crippen molar-refractivity contribution in [1.29, 1.82) is 0 Å². The third-order valence-electron chi connectivity index (χ3n) is 6.46. The molecule has 0 bridgehead atoms. The lowest BCUT2D eigenvalue weighted by atomic mass is 9.84. The lowest BCUT2D eigenvalue weighted by molar-refractivity contribution is -0.118. The van der Waals surface area contributed by atoms with Crippen LogP contribution in [0.3, 0.4) is 0 Å². The van der Waals surface area contributed by atoms with Gasteiger partial charge in [0.05, 0.1) is 12.0 Å². The molecule has 0 saturated heterocycles. The van der Waals surface area contributed by atoms with E-state index in [9.17, 15) is 14.4 Å². The second-order valence-electron chi connectivity index (χ2n) is 9.07. The maximum absolute atomic E-state index is 15.1. The molecule has 0 aliphatic carbocycles. The van der Waals surface area contributed by atoms with E-state index < -0.39 is 35.2 Å². The molecule has 5 rings (SSSR count). The number of aromatic nitrogens is 4. The first-order valence-corrected chi connectivity index (χ1v) is 12.4. The van der Waals surface area contributed by atoms with E-state index >= 15 is 4.39 Å². The Kier molecular flexibility index (Phi) is 7.58. The van der Waals surface area contributed by atoms with Crippen LogP contribution in [-0.2, 0) is 11.8 Å². The molecule has 2 aromatic heterocycles. The van der Waals surface area contributed by atoms with Gasteiger partial charge in [0.1, 0.15) is 17.6 Å². The molecular weight excluding hydrogens is 511 g/mol. The Hall–Kier alpha value is -5.38. The zero-order chi connectivity index (χ0) is 28.1. The summed E-state index contributed by atoms with van der Waals surface area (Å²) in [6.07, 6.45) is 2.69. The average molecular weight is 537 g/mol. The third kappa shape index (κ3) is 5.70. The van der Waals surface area contributed by atoms with Crippen LogP contribution in [0, 0.1) is 5.82 Å². The van der Waals surface area contributed by atoms with E-state index in [4.69, 9.17) is 0 Å². The van der Waals surface area contributed by atoms with Crippen LogP contribution in [0.4, 0.5) is 10.1 Å². The molecule has 0 saturated carbocycles. The van der Waals surface area contributed by atoms with E-state index in [2.05, 4.69) is 25.7 Å². The summed E-state index contributed by atoms with van der Waals surface area (Å²) < 4.78 is 16.5. The second-order valence-corrected chi connectivity index (χ2v) is 9.07. The second kappa shape index (κ2) is 11.6. The molecule has 3 aromatic carbocycles. The first-order valence-electron chi connectivity index (χ1n) is 12.4. The number of benzene rings is 3. The maximum atomic E-state index is 15.1. The van der Waals surface area contributed by atoms with Gasteiger partial charge >= 0.3 is 0 Å². The summed E-state index contributed by atoms with van der Waals surface area (Å²) in [5.74, 6) is -2.27. The van der Waals surface area contributed by atoms with E-state index in [0.29, 0.717) is 0 Å². The van der Waals surface area contributed by atoms with Gasteiger partial charge in [0.25, 0.3) is 11.5 Å². The van der Waals surface area contributed by atoms with Crippen LogP contribution in [0.15, 0.2) is 108 Å². The standard InChI is InChI=1S/C30H25FN6O3/c1-37-25(14-15-34-37)29(39)36-28(27(19-8-4-2-5-9-19)20-10-6-3-7-11-20)30(40)35-21-12-13-22(23(31)16-21)24-17-26(38)33-18-32-24/h2-18,27-28H,1H3,(H,35,40)(H,36,39)(H,32,33,38). The van der Waals surface area contributed by atoms with Crippen LogP contribution in [-0.4, -0.2) is 37.6 Å². The molecule has 200 valence electrons. The molecule has 5 aromatic rings. The first-order chi connectivity index (χ1) is 19.4. The zero-order valence-electron chi connectivity index (χ0n) is 21.4. The van der Waals surface area contributed by atoms with Crippen LogP contribution in [0.1, 0.15) is 27.5 Å². The predicted molar refractivity (Wildman–Crippen MR) is 148 cm³/mol. The van der Waals surface area contributed by atoms with E-state index in [1.807, 2.05) is 60.7 Å². The molecule has 10 heteroatoms. The summed E-state index contributed by atoms with van der Waals surface area (Å²) in [7, 11) is 1.63. The van der Waals surface area contributed by atoms with Crippen LogP contribution in [0.5, 0.6) is 0 Å². The highest BCUT2D eigenvalue weighted by Crippen LogP contribution is 2.30. The van der Waals surface area contributed by atoms with E-state index in [1.165, 1.54) is 35.4 Å². The van der Waals surface area contributed by atoms with Gasteiger partial charge in [-0.3, -0.25) is 19.1 Å². The Balaban J connectivity index is 1.51. The summed E-state index contributed by atoms with van der Waals surface area (Å²) in [5, 5.41) is 9.69. The summed E-state index contributed by atoms with van der Waals surface area (Å²) in [4.78, 5) is 45.2. The molecule has 0 fully saturated rings. The molecule has 1 atom stereocenters. The number of carbonyl (C=O) groups excluding carboxylic acids is 2. The average Bonchev–Trinajstić information content (AvgIpc) is 3.40. The minimum absolute atomic E-state index is 0.108. The molecule has 3 N–H and O–H groups in total. The summed E-state index contributed by atoms with van der Waals surface area (Å²) in [6.45, 7) is 0. The van der Waals surface area contributed by atoms with E-state index in [1.54, 1.807) is 13.1 Å². The van der Waals surface area contributed by atoms with Gasteiger partial charge in [-0.25, -0.2) is 9.37 Å². The molecule has 2 heterocycles. The van der Waals surface area contributed by atoms with Crippen molar-refractivity contribution in [1.82, 2.24) is 25.1 Å². The van der Waals surface area contributed by atoms with Crippen LogP contribution < -0.4 is 16.2 Å². The Morgan fingerprint density at radius 1 is 0.925 bits per heavy atom. The molecule has 0 aliphatic rings. The van der Waals surface area contributed by atoms with Gasteiger partial charge in [0, 0.05) is 36.5 Å². The van der Waals surface area contributed by atoms with Gasteiger partial charge in [-0.1, -0.05) is 60.7 Å². The van der Waals surface area contributed by atoms with Gasteiger partial charge in [-0.05, 0) is 35.4 Å². The minimum atomic E-state index is -1.08. The fourth-order valence-corrected chi connectivity index (χ4v) is 4.55. The van der Waals surface area contributed by atoms with Crippen molar-refractivity contribution in [3.8, 4) is 11.3 Å². The van der Waals surface area contributed by atoms with Gasteiger partial charge in [-0.15, -0.1) is 0 Å². The zero-order valence-corrected chi connectivity index (χ0v) is 21.4. The molecular formula is C30H25FN6O3. The van der Waals surface area contributed by atoms with Crippen molar-refractivity contribution < 1.29 is 14.0 Å². The number of halogens is 1. The molecule has 1 unspecified atom stereocenters. The topological polar surface area (TPSA) is 122 Å². The number of aromatic amines is 1. The minimum Gasteiger partial charge on any atom is -0.338 e. The number of rotatable bonds is 8. The van der Waals surface area contributed by atoms with Crippen molar-refractivity contribution in [3.63, 3.8) is 0 Å². The lowest BCUT2D eigenvalue weighted by Crippen LogP contribution is -2.48. The van der Waals surface area contributed by atoms with Gasteiger partial charge in [0.2, 0.25) is 5.91 Å². The summed E-state index contributed by atoms with van der Waals surface area (Å²) >= 11 is 0. The van der Waals surface area contributed by atoms with Crippen molar-refractivity contribution in [2.45, 2.75) is 12.0 Å². The largest absolute Gasteiger partial charge is 0.338 e. The number of hydrogen-bond acceptors (Lipinski definition) is 5. The lowest BCUT2D eigenvalue weighted by Gasteiger charge is -2.28. The van der Waals surface area contributed by atoms with Crippen LogP contribution in [0.2, 0.25) is 0 Å². The molecule has 40 heavy (non-hydrogen) atoms. The Morgan fingerprint density at radius 2 is 1.60 bits per heavy atom. The quantitative estimate of drug-likeness (QED) is 0.278. The number of hydrogen-bond donors (Lipinski definition) is 3. The molecule has 0 spiro atoms. The monoisotopic (exact) mass is 536 g/mol. The Bertz CT molecular complexity index is 1660. The maximum Gasteiger partial charge on any atom is 0.270 e. The fraction of sp³-hybridized carbons (Fsp3) is 0.100. The number of aryl methyl sites for hydroxylation is 1. The van der Waals surface area contributed by atoms with Crippen molar-refractivity contribution in [2.75, 3.05) is 5.32 Å². The highest BCUT2D eigenvalue weighted by molar-refractivity contribution is 6.01. The highest BCUT2D eigenvalue weighted by Gasteiger charge is 2.33. The highest BCUT2D eigenvalue weighted by atomic mass is 19.1. The first kappa shape index (κ1) is 26.2. The van der Waals surface area contributed by atoms with Crippen molar-refractivity contribution in [2.24, 2.45) is 7.05 Å². The van der Waals surface area contributed by atoms with Crippen LogP contribution >= 0.6 is 0 Å². The third-order valence-corrected chi connectivity index (χ3v) is 6.46. The molecule has 2 amide bonds. The fourth-order valence-electron chi connectivity index (χ4n) is 4.55. The van der Waals surface area contributed by atoms with Gasteiger partial charge in [-0.2, -0.15) is 5.10 Å². The van der Waals surface area contributed by atoms with Crippen molar-refractivity contribution in [3.05, 3.63) is 137 Å². The van der Waals surface area contributed by atoms with Crippen molar-refractivity contribution >= 4 is 17.5 Å². The SMILES string of the molecule is Cn1nccc1C(=O)NC(C(=O)Nc1ccc(-c2cc(=O)[nH]cn2)c(F)c1)C(c1ccccc1)c1ccccc1. The Morgan fingerprint density at radius 3 is 2.17 bits per heavy atom. The number of nitrogens with one attached hydrogen (secondary N) is 3. The number of anilines is 1. The number of nitrogens with zero attached hydrogens (tertiary/aromatic N) is 3. The normalized spacial score (nSPS) is 11.7. The Labute approximate surface area is 228 Å². The predicted octanol–water partition coefficient (Wildman–Crippen LogP) is 3.88.